The summed E-state index contributed by atoms with van der Waals surface area (Å²) in [5, 5.41) is 0.375. The van der Waals surface area contributed by atoms with Crippen molar-refractivity contribution in [3.8, 4) is 11.5 Å². The zero-order valence-corrected chi connectivity index (χ0v) is 22.0. The Kier molecular flexibility index (Phi) is 7.72. The first-order chi connectivity index (χ1) is 16.0. The fraction of sp³-hybridized carbons (Fsp3) is 0.120. The maximum absolute atomic E-state index is 12.4. The Morgan fingerprint density at radius 2 is 1.88 bits per heavy atom. The minimum absolute atomic E-state index is 0.173. The van der Waals surface area contributed by atoms with Crippen molar-refractivity contribution in [2.75, 3.05) is 6.61 Å². The van der Waals surface area contributed by atoms with Crippen LogP contribution < -0.4 is 9.47 Å². The normalized spacial score (nSPS) is 14.2. The van der Waals surface area contributed by atoms with Crippen molar-refractivity contribution in [2.45, 2.75) is 13.5 Å². The number of rotatable bonds is 7. The molecular weight excluding hydrogens is 621 g/mol. The number of aliphatic imine (C=N–C) groups is 1. The van der Waals surface area contributed by atoms with Crippen molar-refractivity contribution < 1.29 is 19.0 Å². The van der Waals surface area contributed by atoms with E-state index in [0.717, 1.165) is 13.6 Å². The van der Waals surface area contributed by atoms with Crippen molar-refractivity contribution in [3.63, 3.8) is 0 Å². The Morgan fingerprint density at radius 1 is 1.12 bits per heavy atom. The third kappa shape index (κ3) is 5.59. The van der Waals surface area contributed by atoms with E-state index in [-0.39, 0.29) is 11.6 Å². The molecule has 3 aromatic rings. The molecular formula is C25H18BrClINO4. The number of cyclic esters (lactones) is 1. The average molecular weight is 639 g/mol. The summed E-state index contributed by atoms with van der Waals surface area (Å²) in [5.41, 5.74) is 2.56. The molecule has 0 radical (unpaired) electrons. The van der Waals surface area contributed by atoms with Crippen LogP contribution in [-0.2, 0) is 16.1 Å². The number of carbonyl (C=O) groups excluding carboxylic acids is 1. The number of hydrogen-bond acceptors (Lipinski definition) is 5. The lowest BCUT2D eigenvalue weighted by molar-refractivity contribution is -0.129. The summed E-state index contributed by atoms with van der Waals surface area (Å²) in [7, 11) is 0. The molecule has 1 aliphatic heterocycles. The van der Waals surface area contributed by atoms with Gasteiger partial charge in [-0.2, -0.15) is 0 Å². The van der Waals surface area contributed by atoms with Crippen LogP contribution in [0.15, 0.2) is 75.8 Å². The van der Waals surface area contributed by atoms with Gasteiger partial charge < -0.3 is 14.2 Å². The van der Waals surface area contributed by atoms with E-state index in [1.165, 1.54) is 0 Å². The average Bonchev–Trinajstić information content (AvgIpc) is 3.14. The predicted octanol–water partition coefficient (Wildman–Crippen LogP) is 7.03. The maximum atomic E-state index is 12.4. The number of nitrogens with zero attached hydrogens (tertiary/aromatic N) is 1. The molecule has 0 saturated heterocycles. The summed E-state index contributed by atoms with van der Waals surface area (Å²) >= 11 is 12.3. The van der Waals surface area contributed by atoms with Gasteiger partial charge in [0.2, 0.25) is 5.90 Å². The number of halogens is 3. The summed E-state index contributed by atoms with van der Waals surface area (Å²) in [5.74, 6) is 0.650. The van der Waals surface area contributed by atoms with Gasteiger partial charge in [0.05, 0.1) is 17.2 Å². The number of ether oxygens (including phenoxy) is 3. The highest BCUT2D eigenvalue weighted by molar-refractivity contribution is 14.1. The Balaban J connectivity index is 1.63. The zero-order chi connectivity index (χ0) is 23.4. The van der Waals surface area contributed by atoms with Crippen LogP contribution in [0, 0.1) is 3.57 Å². The quantitative estimate of drug-likeness (QED) is 0.159. The number of esters is 1. The lowest BCUT2D eigenvalue weighted by Crippen LogP contribution is -2.06. The van der Waals surface area contributed by atoms with Crippen molar-refractivity contribution in [3.05, 3.63) is 96.1 Å². The summed E-state index contributed by atoms with van der Waals surface area (Å²) in [6, 6.07) is 18.8. The summed E-state index contributed by atoms with van der Waals surface area (Å²) in [6.07, 6.45) is 1.62. The Bertz CT molecular complexity index is 1280. The smallest absolute Gasteiger partial charge is 0.363 e. The summed E-state index contributed by atoms with van der Waals surface area (Å²) in [4.78, 5) is 16.8. The molecule has 0 unspecified atom stereocenters. The van der Waals surface area contributed by atoms with E-state index in [9.17, 15) is 4.79 Å². The largest absolute Gasteiger partial charge is 0.490 e. The second-order valence-electron chi connectivity index (χ2n) is 6.96. The van der Waals surface area contributed by atoms with Gasteiger partial charge in [0.15, 0.2) is 17.2 Å². The van der Waals surface area contributed by atoms with E-state index >= 15 is 0 Å². The van der Waals surface area contributed by atoms with Crippen molar-refractivity contribution in [1.82, 2.24) is 0 Å². The summed E-state index contributed by atoms with van der Waals surface area (Å²) in [6.45, 7) is 2.67. The Labute approximate surface area is 218 Å². The first-order valence-electron chi connectivity index (χ1n) is 10.1. The van der Waals surface area contributed by atoms with Gasteiger partial charge in [-0.15, -0.1) is 0 Å². The van der Waals surface area contributed by atoms with E-state index < -0.39 is 5.97 Å². The van der Waals surface area contributed by atoms with Crippen LogP contribution in [-0.4, -0.2) is 18.5 Å². The Morgan fingerprint density at radius 3 is 2.64 bits per heavy atom. The van der Waals surface area contributed by atoms with Gasteiger partial charge in [-0.1, -0.05) is 41.9 Å². The van der Waals surface area contributed by atoms with Crippen molar-refractivity contribution >= 4 is 68.1 Å². The molecule has 0 atom stereocenters. The molecule has 1 heterocycles. The van der Waals surface area contributed by atoms with Gasteiger partial charge in [-0.25, -0.2) is 9.79 Å². The maximum Gasteiger partial charge on any atom is 0.363 e. The first kappa shape index (κ1) is 23.8. The number of carbonyl (C=O) groups is 1. The number of hydrogen-bond donors (Lipinski definition) is 0. The monoisotopic (exact) mass is 637 g/mol. The highest BCUT2D eigenvalue weighted by Gasteiger charge is 2.25. The van der Waals surface area contributed by atoms with Crippen LogP contribution in [0.25, 0.3) is 6.08 Å². The molecule has 0 bridgehead atoms. The molecule has 33 heavy (non-hydrogen) atoms. The fourth-order valence-electron chi connectivity index (χ4n) is 3.16. The van der Waals surface area contributed by atoms with Gasteiger partial charge in [-0.3, -0.25) is 0 Å². The summed E-state index contributed by atoms with van der Waals surface area (Å²) < 4.78 is 19.0. The van der Waals surface area contributed by atoms with Crippen LogP contribution in [0.2, 0.25) is 5.02 Å². The molecule has 4 rings (SSSR count). The lowest BCUT2D eigenvalue weighted by atomic mass is 10.1. The fourth-order valence-corrected chi connectivity index (χ4v) is 4.43. The van der Waals surface area contributed by atoms with E-state index in [1.807, 2.05) is 55.5 Å². The van der Waals surface area contributed by atoms with E-state index in [2.05, 4.69) is 43.5 Å². The van der Waals surface area contributed by atoms with E-state index in [1.54, 1.807) is 18.2 Å². The standard InChI is InChI=1S/C25H18BrClINO4/c1-2-31-22-13-15(11-19(27)23(22)32-14-16-7-3-6-10-20(16)28)12-21-25(30)33-24(29-21)17-8-4-5-9-18(17)26/h3-13H,2,14H2,1H3/b21-12-. The molecule has 0 spiro atoms. The molecule has 0 fully saturated rings. The second kappa shape index (κ2) is 10.7. The molecule has 0 saturated carbocycles. The number of benzene rings is 3. The first-order valence-corrected chi connectivity index (χ1v) is 12.3. The van der Waals surface area contributed by atoms with Gasteiger partial charge in [-0.05, 0) is 87.4 Å². The van der Waals surface area contributed by atoms with Crippen LogP contribution in [0.1, 0.15) is 23.6 Å². The molecule has 0 amide bonds. The SMILES string of the molecule is CCOc1cc(/C=C2\N=C(c3ccccc3Br)OC2=O)cc(Cl)c1OCc1ccccc1I. The molecule has 0 aliphatic carbocycles. The van der Waals surface area contributed by atoms with Crippen LogP contribution in [0.4, 0.5) is 0 Å². The molecule has 8 heteroatoms. The van der Waals surface area contributed by atoms with Crippen LogP contribution in [0.5, 0.6) is 11.5 Å². The molecule has 168 valence electrons. The Hall–Kier alpha value is -2.36. The highest BCUT2D eigenvalue weighted by Crippen LogP contribution is 2.38. The van der Waals surface area contributed by atoms with Gasteiger partial charge in [0, 0.05) is 13.6 Å². The van der Waals surface area contributed by atoms with Crippen LogP contribution >= 0.6 is 50.1 Å². The van der Waals surface area contributed by atoms with E-state index in [0.29, 0.717) is 40.9 Å². The molecule has 0 N–H and O–H groups in total. The third-order valence-corrected chi connectivity index (χ3v) is 6.71. The minimum Gasteiger partial charge on any atom is -0.490 e. The molecule has 5 nitrogen and oxygen atoms in total. The van der Waals surface area contributed by atoms with Gasteiger partial charge >= 0.3 is 5.97 Å². The minimum atomic E-state index is -0.534. The van der Waals surface area contributed by atoms with Crippen molar-refractivity contribution in [1.29, 1.82) is 0 Å². The lowest BCUT2D eigenvalue weighted by Gasteiger charge is -2.15. The second-order valence-corrected chi connectivity index (χ2v) is 9.38. The van der Waals surface area contributed by atoms with Gasteiger partial charge in [0.1, 0.15) is 6.61 Å². The molecule has 3 aromatic carbocycles. The highest BCUT2D eigenvalue weighted by atomic mass is 127. The molecule has 0 aromatic heterocycles. The predicted molar refractivity (Wildman–Crippen MR) is 141 cm³/mol. The zero-order valence-electron chi connectivity index (χ0n) is 17.5. The van der Waals surface area contributed by atoms with E-state index in [4.69, 9.17) is 25.8 Å². The third-order valence-electron chi connectivity index (χ3n) is 4.69. The van der Waals surface area contributed by atoms with Crippen molar-refractivity contribution in [2.24, 2.45) is 4.99 Å². The molecule has 1 aliphatic rings. The van der Waals surface area contributed by atoms with Crippen LogP contribution in [0.3, 0.4) is 0 Å². The van der Waals surface area contributed by atoms with Gasteiger partial charge in [0.25, 0.3) is 0 Å². The topological polar surface area (TPSA) is 57.1 Å².